The third-order valence-corrected chi connectivity index (χ3v) is 6.11. The molecule has 0 radical (unpaired) electrons. The first-order valence-corrected chi connectivity index (χ1v) is 11.2. The molecular weight excluding hydrogens is 465 g/mol. The Morgan fingerprint density at radius 3 is 2.37 bits per heavy atom. The maximum Gasteiger partial charge on any atom is 0.324 e. The highest BCUT2D eigenvalue weighted by atomic mass is 19.3. The molecule has 2 saturated heterocycles. The molecule has 12 heteroatoms. The molecule has 0 aliphatic carbocycles. The van der Waals surface area contributed by atoms with Gasteiger partial charge in [-0.05, 0) is 36.4 Å². The maximum atomic E-state index is 13.5. The van der Waals surface area contributed by atoms with Crippen LogP contribution in [0.5, 0.6) is 0 Å². The average Bonchev–Trinajstić information content (AvgIpc) is 3.34. The molecule has 9 nitrogen and oxygen atoms in total. The minimum atomic E-state index is -2.86. The van der Waals surface area contributed by atoms with Gasteiger partial charge in [-0.25, -0.2) is 9.18 Å². The molecule has 2 fully saturated rings. The predicted octanol–water partition coefficient (Wildman–Crippen LogP) is 3.35. The molecule has 0 unspecified atom stereocenters. The highest BCUT2D eigenvalue weighted by molar-refractivity contribution is 5.92. The first-order valence-electron chi connectivity index (χ1n) is 11.2. The second-order valence-corrected chi connectivity index (χ2v) is 8.34. The summed E-state index contributed by atoms with van der Waals surface area (Å²) in [7, 11) is 0. The fourth-order valence-corrected chi connectivity index (χ4v) is 4.02. The summed E-state index contributed by atoms with van der Waals surface area (Å²) in [6.07, 6.45) is -1.44. The van der Waals surface area contributed by atoms with Gasteiger partial charge < -0.3 is 14.1 Å². The van der Waals surface area contributed by atoms with E-state index >= 15 is 0 Å². The molecule has 0 N–H and O–H groups in total. The Kier molecular flexibility index (Phi) is 6.64. The highest BCUT2D eigenvalue weighted by Crippen LogP contribution is 2.24. The van der Waals surface area contributed by atoms with E-state index in [1.54, 1.807) is 34.1 Å². The summed E-state index contributed by atoms with van der Waals surface area (Å²) in [5.74, 6) is -1.23. The zero-order valence-corrected chi connectivity index (χ0v) is 18.7. The number of aromatic nitrogens is 3. The molecule has 2 aliphatic rings. The first kappa shape index (κ1) is 23.2. The smallest absolute Gasteiger partial charge is 0.324 e. The van der Waals surface area contributed by atoms with Crippen LogP contribution in [0.3, 0.4) is 0 Å². The zero-order chi connectivity index (χ0) is 24.4. The third-order valence-electron chi connectivity index (χ3n) is 6.11. The molecule has 1 aromatic carbocycles. The molecule has 0 atom stereocenters. The van der Waals surface area contributed by atoms with Crippen molar-refractivity contribution in [3.8, 4) is 11.5 Å². The topological polar surface area (TPSA) is 87.8 Å². The summed E-state index contributed by atoms with van der Waals surface area (Å²) >= 11 is 0. The second-order valence-electron chi connectivity index (χ2n) is 8.34. The average molecular weight is 488 g/mol. The van der Waals surface area contributed by atoms with Gasteiger partial charge in [-0.3, -0.25) is 14.8 Å². The van der Waals surface area contributed by atoms with Gasteiger partial charge in [-0.15, -0.1) is 10.2 Å². The quantitative estimate of drug-likeness (QED) is 0.526. The van der Waals surface area contributed by atoms with E-state index in [1.165, 1.54) is 18.3 Å². The molecule has 2 aromatic heterocycles. The fourth-order valence-electron chi connectivity index (χ4n) is 4.02. The van der Waals surface area contributed by atoms with Gasteiger partial charge in [0.25, 0.3) is 5.89 Å². The molecule has 4 heterocycles. The van der Waals surface area contributed by atoms with Crippen LogP contribution in [0.15, 0.2) is 47.0 Å². The number of hydrogen-bond donors (Lipinski definition) is 0. The van der Waals surface area contributed by atoms with Crippen molar-refractivity contribution in [2.75, 3.05) is 44.3 Å². The van der Waals surface area contributed by atoms with Crippen LogP contribution in [0.25, 0.3) is 11.5 Å². The van der Waals surface area contributed by atoms with Crippen molar-refractivity contribution in [2.24, 2.45) is 0 Å². The molecule has 184 valence electrons. The van der Waals surface area contributed by atoms with E-state index in [0.717, 1.165) is 26.3 Å². The number of halogens is 3. The summed E-state index contributed by atoms with van der Waals surface area (Å²) in [5.41, 5.74) is 1.46. The van der Waals surface area contributed by atoms with Gasteiger partial charge in [-0.1, -0.05) is 0 Å². The van der Waals surface area contributed by atoms with Crippen molar-refractivity contribution in [1.82, 2.24) is 25.0 Å². The summed E-state index contributed by atoms with van der Waals surface area (Å²) in [6.45, 7) is 4.25. The molecular formula is C23H23F3N6O3. The van der Waals surface area contributed by atoms with Crippen LogP contribution < -0.4 is 4.90 Å². The number of carbonyl (C=O) groups excluding carboxylic acids is 1. The van der Waals surface area contributed by atoms with Crippen molar-refractivity contribution >= 4 is 11.7 Å². The highest BCUT2D eigenvalue weighted by Gasteiger charge is 2.32. The van der Waals surface area contributed by atoms with Crippen LogP contribution in [0.2, 0.25) is 0 Å². The summed E-state index contributed by atoms with van der Waals surface area (Å²) < 4.78 is 49.2. The monoisotopic (exact) mass is 488 g/mol. The second kappa shape index (κ2) is 10.0. The van der Waals surface area contributed by atoms with Gasteiger partial charge in [0.15, 0.2) is 0 Å². The molecule has 2 amide bonds. The van der Waals surface area contributed by atoms with Gasteiger partial charge in [0.1, 0.15) is 5.82 Å². The van der Waals surface area contributed by atoms with Crippen LogP contribution >= 0.6 is 0 Å². The Morgan fingerprint density at radius 1 is 1.06 bits per heavy atom. The van der Waals surface area contributed by atoms with Crippen molar-refractivity contribution < 1.29 is 27.1 Å². The lowest BCUT2D eigenvalue weighted by molar-refractivity contribution is -0.0738. The van der Waals surface area contributed by atoms with Crippen LogP contribution in [-0.2, 0) is 11.3 Å². The summed E-state index contributed by atoms with van der Waals surface area (Å²) in [4.78, 5) is 23.5. The number of urea groups is 1. The Bertz CT molecular complexity index is 1150. The number of ether oxygens (including phenoxy) is 1. The number of nitrogens with zero attached hydrogens (tertiary/aromatic N) is 6. The van der Waals surface area contributed by atoms with Crippen molar-refractivity contribution in [1.29, 1.82) is 0 Å². The van der Waals surface area contributed by atoms with Gasteiger partial charge in [0, 0.05) is 38.1 Å². The lowest BCUT2D eigenvalue weighted by atomic mass is 10.2. The number of hydrogen-bond acceptors (Lipinski definition) is 7. The molecule has 0 spiro atoms. The number of carbonyl (C=O) groups is 1. The Morgan fingerprint density at radius 2 is 1.80 bits per heavy atom. The number of pyridine rings is 1. The fraction of sp³-hybridized carbons (Fsp3) is 0.391. The van der Waals surface area contributed by atoms with Gasteiger partial charge >= 0.3 is 12.5 Å². The van der Waals surface area contributed by atoms with Gasteiger partial charge in [0.05, 0.1) is 37.1 Å². The van der Waals surface area contributed by atoms with Crippen molar-refractivity contribution in [3.63, 3.8) is 0 Å². The third kappa shape index (κ3) is 5.13. The minimum absolute atomic E-state index is 0.0689. The minimum Gasteiger partial charge on any atom is -0.415 e. The molecule has 0 bridgehead atoms. The maximum absolute atomic E-state index is 13.5. The lowest BCUT2D eigenvalue weighted by Gasteiger charge is -2.43. The van der Waals surface area contributed by atoms with Crippen LogP contribution in [-0.4, -0.2) is 76.4 Å². The first-order chi connectivity index (χ1) is 17.0. The molecule has 35 heavy (non-hydrogen) atoms. The Balaban J connectivity index is 1.31. The van der Waals surface area contributed by atoms with Crippen LogP contribution in [0, 0.1) is 5.82 Å². The number of amides is 2. The lowest BCUT2D eigenvalue weighted by Crippen LogP contribution is -2.59. The van der Waals surface area contributed by atoms with E-state index < -0.39 is 18.1 Å². The number of benzene rings is 1. The molecule has 5 rings (SSSR count). The van der Waals surface area contributed by atoms with Crippen LogP contribution in [0.1, 0.15) is 18.0 Å². The van der Waals surface area contributed by atoms with Crippen molar-refractivity contribution in [3.05, 3.63) is 60.0 Å². The molecule has 2 aliphatic heterocycles. The number of anilines is 1. The van der Waals surface area contributed by atoms with E-state index in [0.29, 0.717) is 36.1 Å². The zero-order valence-electron chi connectivity index (χ0n) is 18.7. The van der Waals surface area contributed by atoms with Gasteiger partial charge in [-0.2, -0.15) is 8.78 Å². The number of piperazine rings is 1. The van der Waals surface area contributed by atoms with E-state index in [2.05, 4.69) is 20.1 Å². The SMILES string of the molecule is O=C(N1CCN(C2COC2)CC1)N(Cc1ccc(-c2nnc(C(F)F)o2)cn1)c1ccc(F)cc1. The normalized spacial score (nSPS) is 17.0. The van der Waals surface area contributed by atoms with E-state index in [-0.39, 0.29) is 18.5 Å². The number of rotatable bonds is 6. The van der Waals surface area contributed by atoms with E-state index in [9.17, 15) is 18.0 Å². The van der Waals surface area contributed by atoms with Crippen LogP contribution in [0.4, 0.5) is 23.7 Å². The standard InChI is InChI=1S/C23H23F3N6O3/c24-16-2-5-18(6-3-16)32(23(33)31-9-7-30(8-10-31)19-13-34-14-19)12-17-4-1-15(11-27-17)21-28-29-22(35-21)20(25)26/h1-6,11,19-20H,7-10,12-14H2. The Labute approximate surface area is 199 Å². The Hall–Kier alpha value is -3.51. The largest absolute Gasteiger partial charge is 0.415 e. The predicted molar refractivity (Wildman–Crippen MR) is 118 cm³/mol. The van der Waals surface area contributed by atoms with Crippen molar-refractivity contribution in [2.45, 2.75) is 19.0 Å². The molecule has 3 aromatic rings. The van der Waals surface area contributed by atoms with E-state index in [4.69, 9.17) is 9.15 Å². The van der Waals surface area contributed by atoms with Gasteiger partial charge in [0.2, 0.25) is 5.89 Å². The summed E-state index contributed by atoms with van der Waals surface area (Å²) in [6, 6.07) is 9.18. The summed E-state index contributed by atoms with van der Waals surface area (Å²) in [5, 5.41) is 6.93. The number of alkyl halides is 2. The molecule has 0 saturated carbocycles. The van der Waals surface area contributed by atoms with E-state index in [1.807, 2.05) is 0 Å².